The van der Waals surface area contributed by atoms with Crippen LogP contribution in [0.3, 0.4) is 0 Å². The van der Waals surface area contributed by atoms with Gasteiger partial charge < -0.3 is 0 Å². The molecule has 0 saturated carbocycles. The van der Waals surface area contributed by atoms with Crippen molar-refractivity contribution in [3.05, 3.63) is 0 Å². The summed E-state index contributed by atoms with van der Waals surface area (Å²) in [5.74, 6) is -0.123. The van der Waals surface area contributed by atoms with E-state index in [1.807, 2.05) is 6.92 Å². The van der Waals surface area contributed by atoms with Crippen LogP contribution in [0.15, 0.2) is 0 Å². The molecule has 7 heavy (non-hydrogen) atoms. The molecule has 0 rings (SSSR count). The summed E-state index contributed by atoms with van der Waals surface area (Å²) >= 11 is 1.40. The average molecular weight is 279 g/mol. The van der Waals surface area contributed by atoms with Crippen molar-refractivity contribution in [1.82, 2.24) is 0 Å². The number of carbonyl (C=O) groups is 1. The quantitative estimate of drug-likeness (QED) is 0.747. The fourth-order valence-electron chi connectivity index (χ4n) is 0.238. The van der Waals surface area contributed by atoms with Crippen molar-refractivity contribution >= 4 is 5.97 Å². The first-order chi connectivity index (χ1) is 3.31. The maximum absolute atomic E-state index is 10.2. The summed E-state index contributed by atoms with van der Waals surface area (Å²) < 4.78 is 4.35. The first kappa shape index (κ1) is 7.12. The van der Waals surface area contributed by atoms with E-state index in [2.05, 4.69) is 3.50 Å². The molecular formula is C4H7IrO2. The summed E-state index contributed by atoms with van der Waals surface area (Å²) in [7, 11) is 0. The second kappa shape index (κ2) is 4.28. The van der Waals surface area contributed by atoms with Gasteiger partial charge in [-0.25, -0.2) is 0 Å². The summed E-state index contributed by atoms with van der Waals surface area (Å²) in [6.07, 6.45) is 1.41. The third-order valence-electron chi connectivity index (χ3n) is 0.530. The molecule has 44 valence electrons. The van der Waals surface area contributed by atoms with Gasteiger partial charge in [0.05, 0.1) is 0 Å². The van der Waals surface area contributed by atoms with Gasteiger partial charge in [0, 0.05) is 0 Å². The van der Waals surface area contributed by atoms with Gasteiger partial charge in [-0.05, 0) is 0 Å². The summed E-state index contributed by atoms with van der Waals surface area (Å²) in [6.45, 7) is 1.94. The number of hydrogen-bond acceptors (Lipinski definition) is 2. The van der Waals surface area contributed by atoms with Gasteiger partial charge in [0.1, 0.15) is 0 Å². The predicted octanol–water partition coefficient (Wildman–Crippen LogP) is 0.791. The molecule has 0 fully saturated rings. The third-order valence-corrected chi connectivity index (χ3v) is 1.08. The number of carbonyl (C=O) groups excluding carboxylic acids is 1. The second-order valence-corrected chi connectivity index (χ2v) is 1.68. The van der Waals surface area contributed by atoms with Gasteiger partial charge in [0.15, 0.2) is 0 Å². The zero-order chi connectivity index (χ0) is 5.70. The number of hydrogen-bond donors (Lipinski definition) is 0. The van der Waals surface area contributed by atoms with Crippen LogP contribution in [0, 0.1) is 0 Å². The summed E-state index contributed by atoms with van der Waals surface area (Å²) in [6, 6.07) is 0. The predicted molar refractivity (Wildman–Crippen MR) is 21.0 cm³/mol. The topological polar surface area (TPSA) is 26.3 Å². The van der Waals surface area contributed by atoms with Gasteiger partial charge in [-0.2, -0.15) is 0 Å². The van der Waals surface area contributed by atoms with Crippen molar-refractivity contribution in [2.24, 2.45) is 0 Å². The Morgan fingerprint density at radius 3 is 2.57 bits per heavy atom. The Morgan fingerprint density at radius 1 is 1.86 bits per heavy atom. The zero-order valence-corrected chi connectivity index (χ0v) is 6.46. The van der Waals surface area contributed by atoms with Crippen LogP contribution in [0.25, 0.3) is 0 Å². The van der Waals surface area contributed by atoms with Gasteiger partial charge in [-0.15, -0.1) is 0 Å². The molecule has 0 atom stereocenters. The minimum absolute atomic E-state index is 0.123. The van der Waals surface area contributed by atoms with Gasteiger partial charge in [-0.1, -0.05) is 0 Å². The van der Waals surface area contributed by atoms with Gasteiger partial charge in [0.25, 0.3) is 0 Å². The Hall–Kier alpha value is 0.119. The molecule has 0 spiro atoms. The molecular weight excluding hydrogens is 272 g/mol. The first-order valence-electron chi connectivity index (χ1n) is 2.10. The molecule has 2 nitrogen and oxygen atoms in total. The molecule has 0 N–H and O–H groups in total. The van der Waals surface area contributed by atoms with Crippen molar-refractivity contribution in [1.29, 1.82) is 0 Å². The van der Waals surface area contributed by atoms with Gasteiger partial charge in [-0.3, -0.25) is 0 Å². The van der Waals surface area contributed by atoms with Crippen molar-refractivity contribution in [2.45, 2.75) is 19.8 Å². The molecule has 0 heterocycles. The van der Waals surface area contributed by atoms with Crippen LogP contribution in [0.5, 0.6) is 0 Å². The fraction of sp³-hybridized carbons (Fsp3) is 0.750. The van der Waals surface area contributed by atoms with Crippen LogP contribution < -0.4 is 0 Å². The monoisotopic (exact) mass is 280 g/mol. The van der Waals surface area contributed by atoms with Crippen molar-refractivity contribution in [3.63, 3.8) is 0 Å². The van der Waals surface area contributed by atoms with E-state index in [1.165, 1.54) is 19.3 Å². The summed E-state index contributed by atoms with van der Waals surface area (Å²) in [5.41, 5.74) is 0. The van der Waals surface area contributed by atoms with Crippen molar-refractivity contribution < 1.29 is 27.6 Å². The van der Waals surface area contributed by atoms with E-state index < -0.39 is 0 Å². The molecule has 0 aliphatic heterocycles. The zero-order valence-electron chi connectivity index (χ0n) is 4.06. The van der Waals surface area contributed by atoms with E-state index in [1.54, 1.807) is 0 Å². The molecule has 0 aromatic heterocycles. The molecule has 0 aromatic carbocycles. The SMILES string of the molecule is CCCC(=O)[O][Ir]. The summed E-state index contributed by atoms with van der Waals surface area (Å²) in [5, 5.41) is 0. The fourth-order valence-corrected chi connectivity index (χ4v) is 0.483. The second-order valence-electron chi connectivity index (χ2n) is 1.19. The maximum atomic E-state index is 10.2. The molecule has 0 amide bonds. The van der Waals surface area contributed by atoms with E-state index in [0.717, 1.165) is 6.42 Å². The van der Waals surface area contributed by atoms with Crippen LogP contribution in [0.1, 0.15) is 19.8 Å². The first-order valence-corrected chi connectivity index (χ1v) is 3.08. The van der Waals surface area contributed by atoms with E-state index in [4.69, 9.17) is 0 Å². The molecule has 0 aromatic rings. The average Bonchev–Trinajstić information content (AvgIpc) is 1.68. The Kier molecular flexibility index (Phi) is 4.36. The Bertz CT molecular complexity index is 62.7. The van der Waals surface area contributed by atoms with Crippen LogP contribution in [0.2, 0.25) is 0 Å². The molecule has 0 saturated heterocycles. The van der Waals surface area contributed by atoms with E-state index in [0.29, 0.717) is 6.42 Å². The molecule has 0 bridgehead atoms. The minimum atomic E-state index is -0.123. The van der Waals surface area contributed by atoms with Gasteiger partial charge in [0.2, 0.25) is 0 Å². The Morgan fingerprint density at radius 2 is 2.43 bits per heavy atom. The van der Waals surface area contributed by atoms with Crippen LogP contribution >= 0.6 is 0 Å². The summed E-state index contributed by atoms with van der Waals surface area (Å²) in [4.78, 5) is 10.2. The molecule has 0 unspecified atom stereocenters. The van der Waals surface area contributed by atoms with E-state index >= 15 is 0 Å². The third kappa shape index (κ3) is 3.96. The van der Waals surface area contributed by atoms with Crippen molar-refractivity contribution in [2.75, 3.05) is 0 Å². The van der Waals surface area contributed by atoms with E-state index in [-0.39, 0.29) is 5.97 Å². The molecule has 0 radical (unpaired) electrons. The van der Waals surface area contributed by atoms with Crippen molar-refractivity contribution in [3.8, 4) is 0 Å². The normalized spacial score (nSPS) is 8.43. The molecule has 0 aliphatic rings. The standard InChI is InChI=1S/C4H8O2.Ir/c1-2-3-4(5)6;/h2-3H2,1H3,(H,5,6);/q;+1/p-1. The Labute approximate surface area is 53.8 Å². The van der Waals surface area contributed by atoms with Crippen LogP contribution in [-0.2, 0) is 27.6 Å². The Balaban J connectivity index is 3.00. The van der Waals surface area contributed by atoms with Gasteiger partial charge >= 0.3 is 53.3 Å². The van der Waals surface area contributed by atoms with Crippen LogP contribution in [0.4, 0.5) is 0 Å². The van der Waals surface area contributed by atoms with E-state index in [9.17, 15) is 4.79 Å². The van der Waals surface area contributed by atoms with Crippen LogP contribution in [-0.4, -0.2) is 5.97 Å². The number of rotatable bonds is 2. The molecule has 3 heteroatoms. The molecule has 0 aliphatic carbocycles.